The minimum atomic E-state index is -3.84. The second kappa shape index (κ2) is 8.36. The van der Waals surface area contributed by atoms with Gasteiger partial charge in [-0.2, -0.15) is 0 Å². The summed E-state index contributed by atoms with van der Waals surface area (Å²) in [4.78, 5) is 12.2. The Bertz CT molecular complexity index is 1110. The highest BCUT2D eigenvalue weighted by molar-refractivity contribution is 7.92. The van der Waals surface area contributed by atoms with Crippen LogP contribution in [0.4, 0.5) is 5.69 Å². The fourth-order valence-electron chi connectivity index (χ4n) is 2.64. The molecular weight excluding hydrogens is 396 g/mol. The smallest absolute Gasteiger partial charge is 0.338 e. The number of aromatic nitrogens is 1. The molecule has 152 valence electrons. The summed E-state index contributed by atoms with van der Waals surface area (Å²) in [7, 11) is -0.930. The summed E-state index contributed by atoms with van der Waals surface area (Å²) in [6.45, 7) is 1.70. The molecule has 0 saturated heterocycles. The van der Waals surface area contributed by atoms with Crippen molar-refractivity contribution in [3.8, 4) is 5.75 Å². The van der Waals surface area contributed by atoms with E-state index in [4.69, 9.17) is 14.0 Å². The Kier molecular flexibility index (Phi) is 5.88. The maximum atomic E-state index is 12.9. The Morgan fingerprint density at radius 1 is 1.14 bits per heavy atom. The largest absolute Gasteiger partial charge is 0.495 e. The molecule has 3 aromatic rings. The molecule has 0 amide bonds. The number of carbonyl (C=O) groups is 1. The van der Waals surface area contributed by atoms with Gasteiger partial charge >= 0.3 is 5.97 Å². The number of nitrogens with zero attached hydrogens (tertiary/aromatic N) is 2. The first-order valence-electron chi connectivity index (χ1n) is 8.64. The fourth-order valence-corrected chi connectivity index (χ4v) is 3.85. The molecule has 29 heavy (non-hydrogen) atoms. The third kappa shape index (κ3) is 4.40. The molecule has 0 atom stereocenters. The van der Waals surface area contributed by atoms with Crippen LogP contribution in [0.15, 0.2) is 64.0 Å². The van der Waals surface area contributed by atoms with E-state index in [1.54, 1.807) is 37.3 Å². The fraction of sp³-hybridized carbons (Fsp3) is 0.200. The molecule has 0 spiro atoms. The van der Waals surface area contributed by atoms with Crippen LogP contribution in [0.5, 0.6) is 5.75 Å². The van der Waals surface area contributed by atoms with Crippen LogP contribution in [-0.2, 0) is 21.4 Å². The first-order valence-corrected chi connectivity index (χ1v) is 10.1. The van der Waals surface area contributed by atoms with Gasteiger partial charge in [-0.3, -0.25) is 4.31 Å². The van der Waals surface area contributed by atoms with E-state index in [0.717, 1.165) is 4.31 Å². The predicted octanol–water partition coefficient (Wildman–Crippen LogP) is 3.17. The molecule has 0 fully saturated rings. The van der Waals surface area contributed by atoms with Gasteiger partial charge in [-0.25, -0.2) is 13.2 Å². The number of anilines is 1. The molecule has 0 aliphatic carbocycles. The quantitative estimate of drug-likeness (QED) is 0.546. The highest BCUT2D eigenvalue weighted by Crippen LogP contribution is 2.30. The highest BCUT2D eigenvalue weighted by atomic mass is 32.2. The maximum absolute atomic E-state index is 12.9. The van der Waals surface area contributed by atoms with Crippen LogP contribution in [0.2, 0.25) is 0 Å². The SMILES string of the molecule is COc1ccccc1N(C)S(=O)(=O)c1ccc(C(=O)OCc2cc(C)no2)cc1. The molecule has 0 N–H and O–H groups in total. The highest BCUT2D eigenvalue weighted by Gasteiger charge is 2.24. The number of hydrogen-bond acceptors (Lipinski definition) is 7. The number of hydrogen-bond donors (Lipinski definition) is 0. The third-order valence-electron chi connectivity index (χ3n) is 4.20. The number of aryl methyl sites for hydroxylation is 1. The summed E-state index contributed by atoms with van der Waals surface area (Å²) in [5.74, 6) is 0.260. The van der Waals surface area contributed by atoms with Gasteiger partial charge in [0.25, 0.3) is 10.0 Å². The van der Waals surface area contributed by atoms with Crippen molar-refractivity contribution in [3.05, 3.63) is 71.6 Å². The number of benzene rings is 2. The van der Waals surface area contributed by atoms with Gasteiger partial charge in [-0.15, -0.1) is 0 Å². The van der Waals surface area contributed by atoms with Crippen molar-refractivity contribution in [1.29, 1.82) is 0 Å². The molecule has 8 nitrogen and oxygen atoms in total. The van der Waals surface area contributed by atoms with Crippen LogP contribution < -0.4 is 9.04 Å². The number of para-hydroxylation sites is 2. The van der Waals surface area contributed by atoms with Crippen molar-refractivity contribution in [3.63, 3.8) is 0 Å². The van der Waals surface area contributed by atoms with E-state index in [1.165, 1.54) is 38.4 Å². The third-order valence-corrected chi connectivity index (χ3v) is 5.98. The number of esters is 1. The minimum Gasteiger partial charge on any atom is -0.495 e. The standard InChI is InChI=1S/C20H20N2O6S/c1-14-12-16(28-21-14)13-27-20(23)15-8-10-17(11-9-15)29(24,25)22(2)18-6-4-5-7-19(18)26-3/h4-12H,13H2,1-3H3. The maximum Gasteiger partial charge on any atom is 0.338 e. The van der Waals surface area contributed by atoms with Crippen molar-refractivity contribution in [1.82, 2.24) is 5.16 Å². The Morgan fingerprint density at radius 2 is 1.83 bits per heavy atom. The van der Waals surface area contributed by atoms with Crippen LogP contribution in [0.3, 0.4) is 0 Å². The predicted molar refractivity (Wildman–Crippen MR) is 105 cm³/mol. The van der Waals surface area contributed by atoms with Gasteiger partial charge in [0, 0.05) is 13.1 Å². The Labute approximate surface area is 168 Å². The van der Waals surface area contributed by atoms with E-state index < -0.39 is 16.0 Å². The summed E-state index contributed by atoms with van der Waals surface area (Å²) in [5, 5.41) is 3.71. The average Bonchev–Trinajstić information content (AvgIpc) is 3.16. The molecule has 2 aromatic carbocycles. The van der Waals surface area contributed by atoms with Crippen molar-refractivity contribution in [2.24, 2.45) is 0 Å². The Balaban J connectivity index is 1.75. The lowest BCUT2D eigenvalue weighted by atomic mass is 10.2. The summed E-state index contributed by atoms with van der Waals surface area (Å²) in [6, 6.07) is 14.0. The molecule has 9 heteroatoms. The van der Waals surface area contributed by atoms with Gasteiger partial charge in [0.1, 0.15) is 5.75 Å². The topological polar surface area (TPSA) is 98.9 Å². The van der Waals surface area contributed by atoms with Crippen LogP contribution >= 0.6 is 0 Å². The molecular formula is C20H20N2O6S. The zero-order valence-corrected chi connectivity index (χ0v) is 17.0. The first kappa shape index (κ1) is 20.4. The number of sulfonamides is 1. The summed E-state index contributed by atoms with van der Waals surface area (Å²) < 4.78 is 42.4. The number of ether oxygens (including phenoxy) is 2. The molecule has 0 bridgehead atoms. The Morgan fingerprint density at radius 3 is 2.45 bits per heavy atom. The van der Waals surface area contributed by atoms with E-state index in [-0.39, 0.29) is 17.1 Å². The molecule has 0 aliphatic rings. The van der Waals surface area contributed by atoms with Gasteiger partial charge in [0.2, 0.25) is 0 Å². The Hall–Kier alpha value is -3.33. The van der Waals surface area contributed by atoms with Gasteiger partial charge in [-0.05, 0) is 43.3 Å². The molecule has 0 aliphatic heterocycles. The zero-order chi connectivity index (χ0) is 21.0. The molecule has 1 heterocycles. The minimum absolute atomic E-state index is 0.0355. The van der Waals surface area contributed by atoms with Crippen molar-refractivity contribution >= 4 is 21.7 Å². The second-order valence-electron chi connectivity index (χ2n) is 6.18. The van der Waals surface area contributed by atoms with Crippen molar-refractivity contribution < 1.29 is 27.2 Å². The van der Waals surface area contributed by atoms with E-state index in [1.807, 2.05) is 0 Å². The zero-order valence-electron chi connectivity index (χ0n) is 16.2. The number of rotatable bonds is 7. The lowest BCUT2D eigenvalue weighted by Gasteiger charge is -2.21. The number of methoxy groups -OCH3 is 1. The average molecular weight is 416 g/mol. The lowest BCUT2D eigenvalue weighted by Crippen LogP contribution is -2.27. The second-order valence-corrected chi connectivity index (χ2v) is 8.15. The lowest BCUT2D eigenvalue weighted by molar-refractivity contribution is 0.0437. The molecule has 0 unspecified atom stereocenters. The van der Waals surface area contributed by atoms with Gasteiger partial charge in [0.05, 0.1) is 29.0 Å². The van der Waals surface area contributed by atoms with Crippen LogP contribution in [-0.4, -0.2) is 33.7 Å². The van der Waals surface area contributed by atoms with Crippen LogP contribution in [0, 0.1) is 6.92 Å². The van der Waals surface area contributed by atoms with Crippen molar-refractivity contribution in [2.75, 3.05) is 18.5 Å². The first-order chi connectivity index (χ1) is 13.8. The summed E-state index contributed by atoms with van der Waals surface area (Å²) in [6.07, 6.45) is 0. The molecule has 0 saturated carbocycles. The van der Waals surface area contributed by atoms with E-state index in [9.17, 15) is 13.2 Å². The summed E-state index contributed by atoms with van der Waals surface area (Å²) >= 11 is 0. The normalized spacial score (nSPS) is 11.1. The van der Waals surface area contributed by atoms with Crippen LogP contribution in [0.25, 0.3) is 0 Å². The molecule has 0 radical (unpaired) electrons. The van der Waals surface area contributed by atoms with Gasteiger partial charge in [-0.1, -0.05) is 17.3 Å². The van der Waals surface area contributed by atoms with E-state index in [0.29, 0.717) is 22.9 Å². The van der Waals surface area contributed by atoms with E-state index >= 15 is 0 Å². The van der Waals surface area contributed by atoms with E-state index in [2.05, 4.69) is 5.16 Å². The van der Waals surface area contributed by atoms with Crippen LogP contribution in [0.1, 0.15) is 21.8 Å². The molecule has 3 rings (SSSR count). The van der Waals surface area contributed by atoms with Crippen molar-refractivity contribution in [2.45, 2.75) is 18.4 Å². The molecule has 1 aromatic heterocycles. The monoisotopic (exact) mass is 416 g/mol. The summed E-state index contributed by atoms with van der Waals surface area (Å²) in [5.41, 5.74) is 1.31. The van der Waals surface area contributed by atoms with Gasteiger partial charge < -0.3 is 14.0 Å². The number of carbonyl (C=O) groups excluding carboxylic acids is 1. The van der Waals surface area contributed by atoms with Gasteiger partial charge in [0.15, 0.2) is 12.4 Å².